The Morgan fingerprint density at radius 1 is 1.46 bits per heavy atom. The lowest BCUT2D eigenvalue weighted by Crippen LogP contribution is -2.27. The zero-order valence-corrected chi connectivity index (χ0v) is 8.94. The number of aliphatic hydroxyl groups excluding tert-OH is 1. The Balaban J connectivity index is 2.14. The van der Waals surface area contributed by atoms with Crippen LogP contribution in [0.15, 0.2) is 16.9 Å². The fourth-order valence-corrected chi connectivity index (χ4v) is 2.20. The van der Waals surface area contributed by atoms with Crippen molar-refractivity contribution in [1.29, 1.82) is 0 Å². The van der Waals surface area contributed by atoms with Crippen molar-refractivity contribution in [2.45, 2.75) is 37.8 Å². The van der Waals surface area contributed by atoms with Gasteiger partial charge in [0.05, 0.1) is 22.8 Å². The van der Waals surface area contributed by atoms with Gasteiger partial charge in [-0.3, -0.25) is 4.68 Å². The van der Waals surface area contributed by atoms with Crippen LogP contribution in [-0.2, 0) is 0 Å². The fourth-order valence-electron chi connectivity index (χ4n) is 1.90. The SMILES string of the molecule is O[C@H]1CCCC[C@H]1n1cc(Br)cn1. The van der Waals surface area contributed by atoms with Gasteiger partial charge in [-0.2, -0.15) is 5.10 Å². The molecule has 0 amide bonds. The summed E-state index contributed by atoms with van der Waals surface area (Å²) in [5, 5.41) is 14.0. The number of nitrogens with zero attached hydrogens (tertiary/aromatic N) is 2. The number of hydrogen-bond donors (Lipinski definition) is 1. The molecule has 1 heterocycles. The van der Waals surface area contributed by atoms with Crippen LogP contribution in [-0.4, -0.2) is 21.0 Å². The Hall–Kier alpha value is -0.350. The predicted molar refractivity (Wildman–Crippen MR) is 53.4 cm³/mol. The van der Waals surface area contributed by atoms with E-state index in [9.17, 15) is 5.11 Å². The maximum atomic E-state index is 9.76. The van der Waals surface area contributed by atoms with E-state index in [1.807, 2.05) is 10.9 Å². The number of halogens is 1. The molecular weight excluding hydrogens is 232 g/mol. The van der Waals surface area contributed by atoms with Gasteiger partial charge in [0.1, 0.15) is 0 Å². The second kappa shape index (κ2) is 3.80. The van der Waals surface area contributed by atoms with E-state index in [-0.39, 0.29) is 12.1 Å². The first-order chi connectivity index (χ1) is 6.27. The standard InChI is InChI=1S/C9H13BrN2O/c10-7-5-11-12(6-7)8-3-1-2-4-9(8)13/h5-6,8-9,13H,1-4H2/t8-,9+/m1/s1. The Bertz CT molecular complexity index is 287. The molecule has 1 aromatic rings. The highest BCUT2D eigenvalue weighted by Crippen LogP contribution is 2.28. The Labute approximate surface area is 85.9 Å². The summed E-state index contributed by atoms with van der Waals surface area (Å²) in [6.45, 7) is 0. The molecule has 0 unspecified atom stereocenters. The molecule has 1 aromatic heterocycles. The van der Waals surface area contributed by atoms with Gasteiger partial charge in [0.2, 0.25) is 0 Å². The highest BCUT2D eigenvalue weighted by Gasteiger charge is 2.24. The fraction of sp³-hybridized carbons (Fsp3) is 0.667. The average Bonchev–Trinajstić information content (AvgIpc) is 2.53. The van der Waals surface area contributed by atoms with Crippen molar-refractivity contribution in [1.82, 2.24) is 9.78 Å². The quantitative estimate of drug-likeness (QED) is 0.822. The third-order valence-corrected chi connectivity index (χ3v) is 3.01. The average molecular weight is 245 g/mol. The lowest BCUT2D eigenvalue weighted by molar-refractivity contribution is 0.0694. The molecule has 0 aliphatic heterocycles. The lowest BCUT2D eigenvalue weighted by atomic mass is 9.93. The van der Waals surface area contributed by atoms with E-state index in [0.717, 1.165) is 23.7 Å². The van der Waals surface area contributed by atoms with Crippen LogP contribution in [0.4, 0.5) is 0 Å². The third kappa shape index (κ3) is 1.94. The van der Waals surface area contributed by atoms with Crippen molar-refractivity contribution in [2.24, 2.45) is 0 Å². The molecule has 72 valence electrons. The van der Waals surface area contributed by atoms with Crippen LogP contribution in [0.5, 0.6) is 0 Å². The minimum absolute atomic E-state index is 0.181. The number of aromatic nitrogens is 2. The molecule has 0 aromatic carbocycles. The van der Waals surface area contributed by atoms with Gasteiger partial charge in [0.15, 0.2) is 0 Å². The molecule has 0 bridgehead atoms. The molecule has 2 rings (SSSR count). The normalized spacial score (nSPS) is 29.1. The zero-order valence-electron chi connectivity index (χ0n) is 7.36. The van der Waals surface area contributed by atoms with Crippen LogP contribution in [0, 0.1) is 0 Å². The van der Waals surface area contributed by atoms with Gasteiger partial charge in [-0.15, -0.1) is 0 Å². The third-order valence-electron chi connectivity index (χ3n) is 2.60. The first kappa shape index (κ1) is 9.21. The van der Waals surface area contributed by atoms with Crippen molar-refractivity contribution in [3.8, 4) is 0 Å². The van der Waals surface area contributed by atoms with Gasteiger partial charge >= 0.3 is 0 Å². The molecule has 4 heteroatoms. The maximum absolute atomic E-state index is 9.76. The monoisotopic (exact) mass is 244 g/mol. The second-order valence-corrected chi connectivity index (χ2v) is 4.47. The predicted octanol–water partition coefficient (Wildman–Crippen LogP) is 2.12. The Morgan fingerprint density at radius 3 is 2.85 bits per heavy atom. The van der Waals surface area contributed by atoms with Gasteiger partial charge in [-0.25, -0.2) is 0 Å². The molecule has 13 heavy (non-hydrogen) atoms. The summed E-state index contributed by atoms with van der Waals surface area (Å²) in [5.41, 5.74) is 0. The van der Waals surface area contributed by atoms with E-state index in [4.69, 9.17) is 0 Å². The van der Waals surface area contributed by atoms with Gasteiger partial charge in [-0.1, -0.05) is 12.8 Å². The molecule has 1 N–H and O–H groups in total. The van der Waals surface area contributed by atoms with Gasteiger partial charge in [0, 0.05) is 6.20 Å². The molecule has 2 atom stereocenters. The van der Waals surface area contributed by atoms with Gasteiger partial charge in [-0.05, 0) is 28.8 Å². The highest BCUT2D eigenvalue weighted by atomic mass is 79.9. The maximum Gasteiger partial charge on any atom is 0.0778 e. The van der Waals surface area contributed by atoms with Gasteiger partial charge in [0.25, 0.3) is 0 Å². The molecular formula is C9H13BrN2O. The van der Waals surface area contributed by atoms with Crippen LogP contribution in [0.25, 0.3) is 0 Å². The van der Waals surface area contributed by atoms with Crippen LogP contribution in [0.2, 0.25) is 0 Å². The lowest BCUT2D eigenvalue weighted by Gasteiger charge is -2.27. The summed E-state index contributed by atoms with van der Waals surface area (Å²) in [4.78, 5) is 0. The van der Waals surface area contributed by atoms with Crippen molar-refractivity contribution in [2.75, 3.05) is 0 Å². The smallest absolute Gasteiger partial charge is 0.0778 e. The molecule has 1 fully saturated rings. The van der Waals surface area contributed by atoms with Crippen LogP contribution in [0.1, 0.15) is 31.7 Å². The molecule has 0 radical (unpaired) electrons. The van der Waals surface area contributed by atoms with Crippen LogP contribution in [0.3, 0.4) is 0 Å². The van der Waals surface area contributed by atoms with E-state index in [2.05, 4.69) is 21.0 Å². The van der Waals surface area contributed by atoms with Crippen molar-refractivity contribution >= 4 is 15.9 Å². The summed E-state index contributed by atoms with van der Waals surface area (Å²) in [5.74, 6) is 0. The van der Waals surface area contributed by atoms with E-state index in [1.54, 1.807) is 6.20 Å². The molecule has 1 saturated carbocycles. The minimum Gasteiger partial charge on any atom is -0.391 e. The van der Waals surface area contributed by atoms with E-state index in [0.29, 0.717) is 0 Å². The molecule has 3 nitrogen and oxygen atoms in total. The van der Waals surface area contributed by atoms with E-state index in [1.165, 1.54) is 6.42 Å². The first-order valence-electron chi connectivity index (χ1n) is 4.65. The van der Waals surface area contributed by atoms with Gasteiger partial charge < -0.3 is 5.11 Å². The second-order valence-electron chi connectivity index (χ2n) is 3.56. The van der Waals surface area contributed by atoms with Crippen molar-refractivity contribution in [3.63, 3.8) is 0 Å². The Kier molecular flexibility index (Phi) is 2.69. The van der Waals surface area contributed by atoms with E-state index >= 15 is 0 Å². The summed E-state index contributed by atoms with van der Waals surface area (Å²) >= 11 is 3.35. The molecule has 0 saturated heterocycles. The first-order valence-corrected chi connectivity index (χ1v) is 5.44. The topological polar surface area (TPSA) is 38.0 Å². The van der Waals surface area contributed by atoms with E-state index < -0.39 is 0 Å². The Morgan fingerprint density at radius 2 is 2.23 bits per heavy atom. The molecule has 0 spiro atoms. The minimum atomic E-state index is -0.222. The molecule has 1 aliphatic carbocycles. The summed E-state index contributed by atoms with van der Waals surface area (Å²) in [6, 6.07) is 0.181. The number of rotatable bonds is 1. The summed E-state index contributed by atoms with van der Waals surface area (Å²) in [6.07, 6.45) is 7.75. The van der Waals surface area contributed by atoms with Crippen LogP contribution >= 0.6 is 15.9 Å². The summed E-state index contributed by atoms with van der Waals surface area (Å²) < 4.78 is 2.85. The zero-order chi connectivity index (χ0) is 9.26. The number of aliphatic hydroxyl groups is 1. The largest absolute Gasteiger partial charge is 0.391 e. The highest BCUT2D eigenvalue weighted by molar-refractivity contribution is 9.10. The van der Waals surface area contributed by atoms with Crippen molar-refractivity contribution in [3.05, 3.63) is 16.9 Å². The van der Waals surface area contributed by atoms with Crippen LogP contribution < -0.4 is 0 Å². The van der Waals surface area contributed by atoms with Crippen molar-refractivity contribution < 1.29 is 5.11 Å². The summed E-state index contributed by atoms with van der Waals surface area (Å²) in [7, 11) is 0. The molecule has 1 aliphatic rings. The number of hydrogen-bond acceptors (Lipinski definition) is 2.